The number of ether oxygens (including phenoxy) is 1. The van der Waals surface area contributed by atoms with Crippen LogP contribution in [0.3, 0.4) is 0 Å². The van der Waals surface area contributed by atoms with Crippen LogP contribution in [0.4, 0.5) is 0 Å². The number of carbonyl (C=O) groups is 2. The van der Waals surface area contributed by atoms with Crippen molar-refractivity contribution in [3.8, 4) is 0 Å². The number of carbonyl (C=O) groups excluding carboxylic acids is 2. The van der Waals surface area contributed by atoms with Gasteiger partial charge < -0.3 is 9.64 Å². The van der Waals surface area contributed by atoms with Gasteiger partial charge in [-0.1, -0.05) is 41.9 Å². The molecule has 5 heteroatoms. The third kappa shape index (κ3) is 2.97. The summed E-state index contributed by atoms with van der Waals surface area (Å²) < 4.78 is 5.04. The molecule has 0 aliphatic carbocycles. The quantitative estimate of drug-likeness (QED) is 0.355. The summed E-state index contributed by atoms with van der Waals surface area (Å²) in [6.45, 7) is 0.147. The fourth-order valence-electron chi connectivity index (χ4n) is 1.53. The van der Waals surface area contributed by atoms with Gasteiger partial charge in [0.15, 0.2) is 0 Å². The molecular weight excluding hydrogens is 244 g/mol. The monoisotopic (exact) mass is 255 g/mol. The van der Waals surface area contributed by atoms with Gasteiger partial charge in [0, 0.05) is 0 Å². The first-order chi connectivity index (χ1) is 8.16. The lowest BCUT2D eigenvalue weighted by Crippen LogP contribution is -2.51. The predicted octanol–water partition coefficient (Wildman–Crippen LogP) is 1.53. The van der Waals surface area contributed by atoms with Gasteiger partial charge in [0.25, 0.3) is 0 Å². The third-order valence-corrected chi connectivity index (χ3v) is 2.93. The van der Waals surface area contributed by atoms with Crippen LogP contribution in [-0.2, 0) is 20.9 Å². The second kappa shape index (κ2) is 5.19. The maximum absolute atomic E-state index is 11.4. The van der Waals surface area contributed by atoms with E-state index in [9.17, 15) is 9.59 Å². The molecule has 0 N–H and O–H groups in total. The molecule has 1 aliphatic heterocycles. The maximum atomic E-state index is 11.4. The largest absolute Gasteiger partial charge is 0.459 e. The molecule has 1 aliphatic rings. The molecule has 90 valence electrons. The molecule has 0 spiro atoms. The van der Waals surface area contributed by atoms with Crippen LogP contribution >= 0.6 is 11.6 Å². The molecule has 1 amide bonds. The number of esters is 1. The number of benzene rings is 1. The molecule has 17 heavy (non-hydrogen) atoms. The van der Waals surface area contributed by atoms with Gasteiger partial charge in [-0.2, -0.15) is 0 Å². The fraction of sp³-hybridized carbons (Fsp3) is 0.333. The van der Waals surface area contributed by atoms with Crippen LogP contribution in [0, 0.1) is 0 Å². The Morgan fingerprint density at radius 1 is 1.47 bits per heavy atom. The Morgan fingerprint density at radius 3 is 2.76 bits per heavy atom. The fourth-order valence-corrected chi connectivity index (χ4v) is 1.84. The Balaban J connectivity index is 1.76. The highest BCUT2D eigenvalue weighted by Crippen LogP contribution is 2.21. The summed E-state index contributed by atoms with van der Waals surface area (Å²) in [7, 11) is 0. The van der Waals surface area contributed by atoms with Crippen LogP contribution < -0.4 is 0 Å². The number of amides is 1. The first-order valence-electron chi connectivity index (χ1n) is 5.30. The van der Waals surface area contributed by atoms with Crippen molar-refractivity contribution in [3.05, 3.63) is 35.9 Å². The molecule has 1 aromatic rings. The Kier molecular flexibility index (Phi) is 3.64. The van der Waals surface area contributed by atoms with Crippen molar-refractivity contribution in [2.45, 2.75) is 18.5 Å². The predicted molar refractivity (Wildman–Crippen MR) is 62.2 cm³/mol. The number of hydrogen-bond acceptors (Lipinski definition) is 3. The normalized spacial score (nSPS) is 18.8. The van der Waals surface area contributed by atoms with Crippen molar-refractivity contribution < 1.29 is 14.3 Å². The van der Waals surface area contributed by atoms with E-state index < -0.39 is 5.97 Å². The lowest BCUT2D eigenvalue weighted by Gasteiger charge is -2.35. The Bertz CT molecular complexity index is 421. The van der Waals surface area contributed by atoms with Gasteiger partial charge in [0.1, 0.15) is 18.7 Å². The Hall–Kier alpha value is -1.55. The summed E-state index contributed by atoms with van der Waals surface area (Å²) in [6.07, 6.45) is 0.299. The summed E-state index contributed by atoms with van der Waals surface area (Å²) in [5, 5.41) is 0. The Labute approximate surface area is 104 Å². The van der Waals surface area contributed by atoms with Crippen molar-refractivity contribution in [2.24, 2.45) is 0 Å². The molecule has 1 atom stereocenters. The molecule has 1 saturated heterocycles. The maximum Gasteiger partial charge on any atom is 0.326 e. The molecule has 0 unspecified atom stereocenters. The zero-order chi connectivity index (χ0) is 12.3. The van der Waals surface area contributed by atoms with Crippen molar-refractivity contribution >= 4 is 23.5 Å². The molecule has 0 aromatic heterocycles. The lowest BCUT2D eigenvalue weighted by molar-refractivity contribution is -0.155. The molecular formula is C12H12ClNO3. The number of rotatable bonds is 4. The summed E-state index contributed by atoms with van der Waals surface area (Å²) in [6, 6.07) is 9.37. The SMILES string of the molecule is O=C([14CH2]N1C(=O)C[C@H]1Cl)OCc1ccccc1. The van der Waals surface area contributed by atoms with Gasteiger partial charge in [-0.05, 0) is 5.56 Å². The second-order valence-corrected chi connectivity index (χ2v) is 4.31. The van der Waals surface area contributed by atoms with E-state index >= 15 is 0 Å². The number of β-lactam (4-membered cyclic amide) rings is 1. The van der Waals surface area contributed by atoms with Gasteiger partial charge in [0.2, 0.25) is 5.91 Å². The molecule has 0 saturated carbocycles. The first-order valence-corrected chi connectivity index (χ1v) is 5.73. The molecule has 4 nitrogen and oxygen atoms in total. The van der Waals surface area contributed by atoms with E-state index in [1.54, 1.807) is 0 Å². The number of nitrogens with zero attached hydrogens (tertiary/aromatic N) is 1. The summed E-state index contributed by atoms with van der Waals surface area (Å²) in [5.74, 6) is -0.547. The smallest absolute Gasteiger partial charge is 0.326 e. The summed E-state index contributed by atoms with van der Waals surface area (Å²) in [5.41, 5.74) is 0.546. The minimum Gasteiger partial charge on any atom is -0.459 e. The summed E-state index contributed by atoms with van der Waals surface area (Å²) >= 11 is 5.77. The number of likely N-dealkylation sites (tertiary alicyclic amines) is 1. The molecule has 0 radical (unpaired) electrons. The summed E-state index contributed by atoms with van der Waals surface area (Å²) in [4.78, 5) is 23.8. The minimum atomic E-state index is -0.437. The number of halogens is 1. The highest BCUT2D eigenvalue weighted by molar-refractivity contribution is 6.24. The highest BCUT2D eigenvalue weighted by Gasteiger charge is 2.35. The number of hydrogen-bond donors (Lipinski definition) is 0. The zero-order valence-corrected chi connectivity index (χ0v) is 9.89. The second-order valence-electron chi connectivity index (χ2n) is 3.81. The van der Waals surface area contributed by atoms with Crippen LogP contribution in [0.2, 0.25) is 0 Å². The van der Waals surface area contributed by atoms with Crippen molar-refractivity contribution in [3.63, 3.8) is 0 Å². The van der Waals surface area contributed by atoms with E-state index in [1.165, 1.54) is 4.90 Å². The van der Waals surface area contributed by atoms with E-state index in [-0.39, 0.29) is 24.6 Å². The van der Waals surface area contributed by atoms with E-state index in [2.05, 4.69) is 0 Å². The first kappa shape index (κ1) is 11.9. The molecule has 0 bridgehead atoms. The molecule has 1 aromatic carbocycles. The van der Waals surface area contributed by atoms with Gasteiger partial charge in [-0.15, -0.1) is 0 Å². The van der Waals surface area contributed by atoms with Gasteiger partial charge in [0.05, 0.1) is 6.42 Å². The highest BCUT2D eigenvalue weighted by atomic mass is 35.5. The zero-order valence-electron chi connectivity index (χ0n) is 9.14. The van der Waals surface area contributed by atoms with Crippen molar-refractivity contribution in [1.82, 2.24) is 4.90 Å². The van der Waals surface area contributed by atoms with Crippen LogP contribution in [0.5, 0.6) is 0 Å². The van der Waals surface area contributed by atoms with Gasteiger partial charge in [-0.25, -0.2) is 0 Å². The standard InChI is InChI=1S/C12H12ClNO3/c13-10-6-11(15)14(10)7-12(16)17-8-9-4-2-1-3-5-9/h1-5,10H,6-8H2/t10-/m0/s1/i7+2. The Morgan fingerprint density at radius 2 is 2.18 bits per heavy atom. The van der Waals surface area contributed by atoms with Crippen LogP contribution in [-0.4, -0.2) is 28.8 Å². The van der Waals surface area contributed by atoms with Crippen LogP contribution in [0.15, 0.2) is 30.3 Å². The average Bonchev–Trinajstić information content (AvgIpc) is 2.35. The molecule has 1 heterocycles. The van der Waals surface area contributed by atoms with E-state index in [4.69, 9.17) is 16.3 Å². The van der Waals surface area contributed by atoms with Gasteiger partial charge in [-0.3, -0.25) is 9.59 Å². The minimum absolute atomic E-state index is 0.0696. The third-order valence-electron chi connectivity index (χ3n) is 2.54. The topological polar surface area (TPSA) is 46.6 Å². The number of alkyl halides is 1. The van der Waals surface area contributed by atoms with Gasteiger partial charge >= 0.3 is 5.97 Å². The van der Waals surface area contributed by atoms with E-state index in [1.807, 2.05) is 30.3 Å². The van der Waals surface area contributed by atoms with E-state index in [0.717, 1.165) is 5.56 Å². The lowest BCUT2D eigenvalue weighted by atomic mass is 10.2. The van der Waals surface area contributed by atoms with Crippen LogP contribution in [0.1, 0.15) is 12.0 Å². The van der Waals surface area contributed by atoms with E-state index in [0.29, 0.717) is 6.42 Å². The molecule has 1 fully saturated rings. The van der Waals surface area contributed by atoms with Crippen molar-refractivity contribution in [2.75, 3.05) is 6.54 Å². The molecule has 2 rings (SSSR count). The van der Waals surface area contributed by atoms with Crippen LogP contribution in [0.25, 0.3) is 0 Å². The average molecular weight is 256 g/mol. The van der Waals surface area contributed by atoms with Crippen molar-refractivity contribution in [1.29, 1.82) is 0 Å².